The lowest BCUT2D eigenvalue weighted by Gasteiger charge is -2.09. The first kappa shape index (κ1) is 21.6. The maximum atomic E-state index is 12.9. The normalized spacial score (nSPS) is 13.2. The van der Waals surface area contributed by atoms with Gasteiger partial charge in [-0.3, -0.25) is 4.79 Å². The molecular formula is C25H28N4O3. The molecule has 3 aromatic rings. The number of benzene rings is 2. The molecule has 1 heterocycles. The third-order valence-corrected chi connectivity index (χ3v) is 5.55. The van der Waals surface area contributed by atoms with E-state index in [0.717, 1.165) is 24.1 Å². The van der Waals surface area contributed by atoms with E-state index in [2.05, 4.69) is 15.7 Å². The van der Waals surface area contributed by atoms with Crippen molar-refractivity contribution >= 4 is 17.6 Å². The van der Waals surface area contributed by atoms with Crippen molar-refractivity contribution in [2.45, 2.75) is 46.1 Å². The van der Waals surface area contributed by atoms with Crippen molar-refractivity contribution in [3.8, 4) is 17.0 Å². The van der Waals surface area contributed by atoms with Crippen LogP contribution in [0.4, 0.5) is 10.5 Å². The molecule has 166 valence electrons. The fraction of sp³-hybridized carbons (Fsp3) is 0.320. The number of phenolic OH excluding ortho intramolecular Hbond substituents is 1. The second kappa shape index (κ2) is 8.86. The molecule has 7 nitrogen and oxygen atoms in total. The van der Waals surface area contributed by atoms with Crippen LogP contribution in [-0.2, 0) is 11.3 Å². The lowest BCUT2D eigenvalue weighted by Crippen LogP contribution is -2.30. The number of carbonyl (C=O) groups is 2. The fourth-order valence-corrected chi connectivity index (χ4v) is 3.43. The zero-order valence-corrected chi connectivity index (χ0v) is 18.6. The van der Waals surface area contributed by atoms with Gasteiger partial charge in [0.05, 0.1) is 11.4 Å². The lowest BCUT2D eigenvalue weighted by molar-refractivity contribution is -0.118. The van der Waals surface area contributed by atoms with Gasteiger partial charge in [-0.15, -0.1) is 0 Å². The number of hydrogen-bond acceptors (Lipinski definition) is 4. The molecule has 0 unspecified atom stereocenters. The van der Waals surface area contributed by atoms with Crippen molar-refractivity contribution in [2.75, 3.05) is 5.32 Å². The molecule has 3 N–H and O–H groups in total. The highest BCUT2D eigenvalue weighted by molar-refractivity contribution is 5.92. The maximum absolute atomic E-state index is 12.9. The highest BCUT2D eigenvalue weighted by Gasteiger charge is 2.30. The first-order chi connectivity index (χ1) is 15.3. The molecule has 1 aliphatic carbocycles. The van der Waals surface area contributed by atoms with Gasteiger partial charge in [0.15, 0.2) is 0 Å². The Morgan fingerprint density at radius 1 is 1.12 bits per heavy atom. The SMILES string of the molecule is Cc1ccc(CNC(=O)n2nc(-c3ccc(NC(=O)C(C)C)cc3O)cc2C2CC2)cc1. The van der Waals surface area contributed by atoms with Crippen molar-refractivity contribution in [3.63, 3.8) is 0 Å². The standard InChI is InChI=1S/C25H28N4O3/c1-15(2)24(31)27-19-10-11-20(23(30)12-19)21-13-22(18-8-9-18)29(28-21)25(32)26-14-17-6-4-16(3)5-7-17/h4-7,10-13,15,18,30H,8-9,14H2,1-3H3,(H,26,32)(H,27,31). The lowest BCUT2D eigenvalue weighted by atomic mass is 10.1. The van der Waals surface area contributed by atoms with Gasteiger partial charge in [-0.05, 0) is 43.5 Å². The molecule has 1 aliphatic rings. The number of hydrogen-bond donors (Lipinski definition) is 3. The van der Waals surface area contributed by atoms with E-state index in [1.807, 2.05) is 37.3 Å². The van der Waals surface area contributed by atoms with Crippen molar-refractivity contribution in [1.29, 1.82) is 0 Å². The van der Waals surface area contributed by atoms with Gasteiger partial charge in [0.25, 0.3) is 0 Å². The Kier molecular flexibility index (Phi) is 5.99. The number of carbonyl (C=O) groups excluding carboxylic acids is 2. The average Bonchev–Trinajstić information content (AvgIpc) is 3.51. The summed E-state index contributed by atoms with van der Waals surface area (Å²) >= 11 is 0. The number of rotatable bonds is 6. The second-order valence-electron chi connectivity index (χ2n) is 8.66. The van der Waals surface area contributed by atoms with E-state index in [4.69, 9.17) is 0 Å². The van der Waals surface area contributed by atoms with Gasteiger partial charge in [-0.1, -0.05) is 43.7 Å². The van der Waals surface area contributed by atoms with E-state index in [9.17, 15) is 14.7 Å². The van der Waals surface area contributed by atoms with Gasteiger partial charge in [-0.2, -0.15) is 9.78 Å². The predicted octanol–water partition coefficient (Wildman–Crippen LogP) is 4.79. The minimum Gasteiger partial charge on any atom is -0.507 e. The summed E-state index contributed by atoms with van der Waals surface area (Å²) in [7, 11) is 0. The number of aromatic hydroxyl groups is 1. The fourth-order valence-electron chi connectivity index (χ4n) is 3.43. The molecule has 0 atom stereocenters. The van der Waals surface area contributed by atoms with E-state index in [0.29, 0.717) is 29.4 Å². The van der Waals surface area contributed by atoms with Gasteiger partial charge in [0.2, 0.25) is 5.91 Å². The Morgan fingerprint density at radius 2 is 1.84 bits per heavy atom. The molecular weight excluding hydrogens is 404 g/mol. The Morgan fingerprint density at radius 3 is 2.47 bits per heavy atom. The number of aryl methyl sites for hydroxylation is 1. The summed E-state index contributed by atoms with van der Waals surface area (Å²) < 4.78 is 1.41. The Bertz CT molecular complexity index is 1140. The number of amides is 2. The molecule has 0 aliphatic heterocycles. The molecule has 1 aromatic heterocycles. The number of nitrogens with one attached hydrogen (secondary N) is 2. The molecule has 2 aromatic carbocycles. The van der Waals surface area contributed by atoms with E-state index in [1.165, 1.54) is 16.3 Å². The van der Waals surface area contributed by atoms with Crippen LogP contribution in [0, 0.1) is 12.8 Å². The summed E-state index contributed by atoms with van der Waals surface area (Å²) in [4.78, 5) is 24.8. The number of phenols is 1. The van der Waals surface area contributed by atoms with Crippen LogP contribution in [-0.4, -0.2) is 26.8 Å². The molecule has 0 saturated heterocycles. The smallest absolute Gasteiger partial charge is 0.342 e. The van der Waals surface area contributed by atoms with Crippen LogP contribution in [0.5, 0.6) is 5.75 Å². The van der Waals surface area contributed by atoms with Gasteiger partial charge < -0.3 is 15.7 Å². The topological polar surface area (TPSA) is 96.3 Å². The minimum absolute atomic E-state index is 0.00128. The summed E-state index contributed by atoms with van der Waals surface area (Å²) in [5, 5.41) is 20.8. The molecule has 1 fully saturated rings. The first-order valence-electron chi connectivity index (χ1n) is 10.9. The summed E-state index contributed by atoms with van der Waals surface area (Å²) in [5.74, 6) is 0.0153. The zero-order chi connectivity index (χ0) is 22.8. The average molecular weight is 433 g/mol. The molecule has 4 rings (SSSR count). The van der Waals surface area contributed by atoms with Crippen LogP contribution >= 0.6 is 0 Å². The van der Waals surface area contributed by atoms with Gasteiger partial charge in [0, 0.05) is 35.7 Å². The summed E-state index contributed by atoms with van der Waals surface area (Å²) in [5.41, 5.74) is 4.58. The third-order valence-electron chi connectivity index (χ3n) is 5.55. The van der Waals surface area contributed by atoms with Crippen molar-refractivity contribution in [1.82, 2.24) is 15.1 Å². The Labute approximate surface area is 187 Å². The van der Waals surface area contributed by atoms with Crippen LogP contribution in [0.15, 0.2) is 48.5 Å². The molecule has 32 heavy (non-hydrogen) atoms. The maximum Gasteiger partial charge on any atom is 0.342 e. The quantitative estimate of drug-likeness (QED) is 0.522. The van der Waals surface area contributed by atoms with Gasteiger partial charge in [-0.25, -0.2) is 4.79 Å². The highest BCUT2D eigenvalue weighted by atomic mass is 16.3. The van der Waals surface area contributed by atoms with Crippen LogP contribution in [0.2, 0.25) is 0 Å². The highest BCUT2D eigenvalue weighted by Crippen LogP contribution is 2.42. The van der Waals surface area contributed by atoms with Crippen LogP contribution in [0.3, 0.4) is 0 Å². The largest absolute Gasteiger partial charge is 0.507 e. The molecule has 0 spiro atoms. The zero-order valence-electron chi connectivity index (χ0n) is 18.6. The second-order valence-corrected chi connectivity index (χ2v) is 8.66. The van der Waals surface area contributed by atoms with Crippen molar-refractivity contribution < 1.29 is 14.7 Å². The van der Waals surface area contributed by atoms with E-state index >= 15 is 0 Å². The van der Waals surface area contributed by atoms with Gasteiger partial charge >= 0.3 is 6.03 Å². The van der Waals surface area contributed by atoms with Crippen molar-refractivity contribution in [2.24, 2.45) is 5.92 Å². The van der Waals surface area contributed by atoms with Gasteiger partial charge in [0.1, 0.15) is 5.75 Å². The number of nitrogens with zero attached hydrogens (tertiary/aromatic N) is 2. The van der Waals surface area contributed by atoms with Crippen LogP contribution in [0.25, 0.3) is 11.3 Å². The Hall–Kier alpha value is -3.61. The van der Waals surface area contributed by atoms with Crippen LogP contribution < -0.4 is 10.6 Å². The summed E-state index contributed by atoms with van der Waals surface area (Å²) in [6.07, 6.45) is 2.03. The molecule has 0 bridgehead atoms. The first-order valence-corrected chi connectivity index (χ1v) is 10.9. The molecule has 1 saturated carbocycles. The minimum atomic E-state index is -0.293. The van der Waals surface area contributed by atoms with E-state index < -0.39 is 0 Å². The Balaban J connectivity index is 1.54. The van der Waals surface area contributed by atoms with E-state index in [-0.39, 0.29) is 23.6 Å². The van der Waals surface area contributed by atoms with Crippen LogP contribution in [0.1, 0.15) is 49.4 Å². The predicted molar refractivity (Wildman–Crippen MR) is 124 cm³/mol. The molecule has 0 radical (unpaired) electrons. The number of aromatic nitrogens is 2. The molecule has 2 amide bonds. The van der Waals surface area contributed by atoms with E-state index in [1.54, 1.807) is 26.0 Å². The third kappa shape index (κ3) is 4.82. The van der Waals surface area contributed by atoms with Crippen molar-refractivity contribution in [3.05, 3.63) is 65.4 Å². The number of anilines is 1. The molecule has 7 heteroatoms. The monoisotopic (exact) mass is 432 g/mol. The summed E-state index contributed by atoms with van der Waals surface area (Å²) in [6.45, 7) is 6.04. The summed E-state index contributed by atoms with van der Waals surface area (Å²) in [6, 6.07) is 14.5.